The minimum absolute atomic E-state index is 0.0612. The number of nitrogens with one attached hydrogen (secondary N) is 1. The number of hydrogen-bond acceptors (Lipinski definition) is 4. The zero-order chi connectivity index (χ0) is 17.1. The normalized spacial score (nSPS) is 22.8. The number of rotatable bonds is 3. The SMILES string of the molecule is COC(=O)N1CCc2ccc(Br)cc2[C@H]1C(=O)NC[C@H]1CCCO1. The van der Waals surface area contributed by atoms with Crippen LogP contribution >= 0.6 is 15.9 Å². The number of ether oxygens (including phenoxy) is 2. The maximum atomic E-state index is 12.8. The van der Waals surface area contributed by atoms with Gasteiger partial charge in [-0.1, -0.05) is 22.0 Å². The van der Waals surface area contributed by atoms with Crippen LogP contribution in [0.25, 0.3) is 0 Å². The number of amides is 2. The molecule has 0 unspecified atom stereocenters. The van der Waals surface area contributed by atoms with E-state index in [-0.39, 0.29) is 12.0 Å². The fourth-order valence-corrected chi connectivity index (χ4v) is 3.68. The molecule has 24 heavy (non-hydrogen) atoms. The highest BCUT2D eigenvalue weighted by Gasteiger charge is 2.37. The molecular weight excluding hydrogens is 376 g/mol. The molecule has 130 valence electrons. The van der Waals surface area contributed by atoms with Gasteiger partial charge in [0.15, 0.2) is 0 Å². The summed E-state index contributed by atoms with van der Waals surface area (Å²) in [6.07, 6.45) is 2.25. The lowest BCUT2D eigenvalue weighted by atomic mass is 9.92. The van der Waals surface area contributed by atoms with Crippen molar-refractivity contribution in [3.8, 4) is 0 Å². The van der Waals surface area contributed by atoms with Crippen LogP contribution in [0.2, 0.25) is 0 Å². The quantitative estimate of drug-likeness (QED) is 0.851. The second-order valence-corrected chi connectivity index (χ2v) is 6.95. The molecule has 0 spiro atoms. The van der Waals surface area contributed by atoms with Gasteiger partial charge in [-0.05, 0) is 42.5 Å². The second-order valence-electron chi connectivity index (χ2n) is 6.04. The summed E-state index contributed by atoms with van der Waals surface area (Å²) in [5, 5.41) is 2.93. The molecular formula is C17H21BrN2O4. The molecule has 0 bridgehead atoms. The molecule has 6 nitrogen and oxygen atoms in total. The molecule has 1 aromatic carbocycles. The molecule has 3 rings (SSSR count). The fourth-order valence-electron chi connectivity index (χ4n) is 3.30. The lowest BCUT2D eigenvalue weighted by molar-refractivity contribution is -0.127. The molecule has 1 N–H and O–H groups in total. The Morgan fingerprint density at radius 1 is 1.46 bits per heavy atom. The molecule has 7 heteroatoms. The van der Waals surface area contributed by atoms with Crippen molar-refractivity contribution in [3.63, 3.8) is 0 Å². The molecule has 2 amide bonds. The first-order chi connectivity index (χ1) is 11.6. The smallest absolute Gasteiger partial charge is 0.410 e. The summed E-state index contributed by atoms with van der Waals surface area (Å²) in [6, 6.07) is 5.17. The predicted octanol–water partition coefficient (Wildman–Crippen LogP) is 2.41. The Labute approximate surface area is 149 Å². The highest BCUT2D eigenvalue weighted by Crippen LogP contribution is 2.32. The van der Waals surface area contributed by atoms with E-state index < -0.39 is 12.1 Å². The van der Waals surface area contributed by atoms with E-state index in [2.05, 4.69) is 21.2 Å². The average molecular weight is 397 g/mol. The maximum absolute atomic E-state index is 12.8. The predicted molar refractivity (Wildman–Crippen MR) is 91.7 cm³/mol. The first-order valence-electron chi connectivity index (χ1n) is 8.12. The van der Waals surface area contributed by atoms with E-state index in [1.165, 1.54) is 12.0 Å². The van der Waals surface area contributed by atoms with E-state index in [1.807, 2.05) is 18.2 Å². The summed E-state index contributed by atoms with van der Waals surface area (Å²) in [5.74, 6) is -0.199. The van der Waals surface area contributed by atoms with Crippen molar-refractivity contribution in [3.05, 3.63) is 33.8 Å². The van der Waals surface area contributed by atoms with Crippen LogP contribution in [-0.4, -0.2) is 49.8 Å². The largest absolute Gasteiger partial charge is 0.453 e. The van der Waals surface area contributed by atoms with Gasteiger partial charge in [-0.2, -0.15) is 0 Å². The van der Waals surface area contributed by atoms with Crippen LogP contribution in [0, 0.1) is 0 Å². The Hall–Kier alpha value is -1.60. The van der Waals surface area contributed by atoms with Crippen molar-refractivity contribution in [1.82, 2.24) is 10.2 Å². The Balaban J connectivity index is 1.82. The lowest BCUT2D eigenvalue weighted by Crippen LogP contribution is -2.48. The van der Waals surface area contributed by atoms with Gasteiger partial charge in [0.05, 0.1) is 13.2 Å². The van der Waals surface area contributed by atoms with Crippen molar-refractivity contribution in [2.24, 2.45) is 0 Å². The van der Waals surface area contributed by atoms with Gasteiger partial charge in [0.25, 0.3) is 0 Å². The molecule has 2 heterocycles. The van der Waals surface area contributed by atoms with Crippen molar-refractivity contribution in [2.75, 3.05) is 26.8 Å². The summed E-state index contributed by atoms with van der Waals surface area (Å²) in [4.78, 5) is 26.4. The standard InChI is InChI=1S/C17H21BrN2O4/c1-23-17(22)20-7-6-11-4-5-12(18)9-14(11)15(20)16(21)19-10-13-3-2-8-24-13/h4-5,9,13,15H,2-3,6-8,10H2,1H3,(H,19,21)/t13-,15+/m1/s1. The second kappa shape index (κ2) is 7.53. The number of hydrogen-bond donors (Lipinski definition) is 1. The van der Waals surface area contributed by atoms with Gasteiger partial charge < -0.3 is 14.8 Å². The zero-order valence-corrected chi connectivity index (χ0v) is 15.2. The summed E-state index contributed by atoms with van der Waals surface area (Å²) in [7, 11) is 1.33. The van der Waals surface area contributed by atoms with E-state index >= 15 is 0 Å². The van der Waals surface area contributed by atoms with E-state index in [4.69, 9.17) is 9.47 Å². The topological polar surface area (TPSA) is 67.9 Å². The molecule has 1 fully saturated rings. The fraction of sp³-hybridized carbons (Fsp3) is 0.529. The molecule has 2 aliphatic heterocycles. The molecule has 2 aliphatic rings. The molecule has 0 aliphatic carbocycles. The number of carbonyl (C=O) groups is 2. The van der Waals surface area contributed by atoms with E-state index in [0.717, 1.165) is 35.0 Å². The van der Waals surface area contributed by atoms with Gasteiger partial charge in [0.2, 0.25) is 5.91 Å². The number of benzene rings is 1. The lowest BCUT2D eigenvalue weighted by Gasteiger charge is -2.35. The van der Waals surface area contributed by atoms with Crippen molar-refractivity contribution in [2.45, 2.75) is 31.4 Å². The van der Waals surface area contributed by atoms with Gasteiger partial charge in [-0.3, -0.25) is 9.69 Å². The van der Waals surface area contributed by atoms with Gasteiger partial charge in [0, 0.05) is 24.2 Å². The van der Waals surface area contributed by atoms with Crippen LogP contribution in [0.3, 0.4) is 0 Å². The molecule has 0 saturated carbocycles. The van der Waals surface area contributed by atoms with E-state index in [1.54, 1.807) is 0 Å². The van der Waals surface area contributed by atoms with Crippen LogP contribution in [-0.2, 0) is 20.7 Å². The number of methoxy groups -OCH3 is 1. The third kappa shape index (κ3) is 3.57. The Morgan fingerprint density at radius 3 is 3.00 bits per heavy atom. The number of nitrogens with zero attached hydrogens (tertiary/aromatic N) is 1. The third-order valence-corrected chi connectivity index (χ3v) is 5.01. The summed E-state index contributed by atoms with van der Waals surface area (Å²) >= 11 is 3.45. The molecule has 1 saturated heterocycles. The van der Waals surface area contributed by atoms with Gasteiger partial charge in [0.1, 0.15) is 6.04 Å². The van der Waals surface area contributed by atoms with Crippen molar-refractivity contribution < 1.29 is 19.1 Å². The van der Waals surface area contributed by atoms with Crippen molar-refractivity contribution in [1.29, 1.82) is 0 Å². The van der Waals surface area contributed by atoms with Crippen LogP contribution in [0.1, 0.15) is 30.0 Å². The Morgan fingerprint density at radius 2 is 2.29 bits per heavy atom. The summed E-state index contributed by atoms with van der Waals surface area (Å²) < 4.78 is 11.3. The minimum Gasteiger partial charge on any atom is -0.453 e. The Kier molecular flexibility index (Phi) is 5.40. The van der Waals surface area contributed by atoms with Crippen LogP contribution in [0.5, 0.6) is 0 Å². The van der Waals surface area contributed by atoms with Crippen LogP contribution in [0.4, 0.5) is 4.79 Å². The first kappa shape index (κ1) is 17.2. The molecule has 2 atom stereocenters. The molecule has 0 radical (unpaired) electrons. The van der Waals surface area contributed by atoms with Crippen molar-refractivity contribution >= 4 is 27.9 Å². The third-order valence-electron chi connectivity index (χ3n) is 4.52. The summed E-state index contributed by atoms with van der Waals surface area (Å²) in [5.41, 5.74) is 1.92. The average Bonchev–Trinajstić information content (AvgIpc) is 3.11. The number of carbonyl (C=O) groups excluding carboxylic acids is 2. The van der Waals surface area contributed by atoms with Gasteiger partial charge in [-0.15, -0.1) is 0 Å². The van der Waals surface area contributed by atoms with Crippen LogP contribution < -0.4 is 5.32 Å². The molecule has 1 aromatic rings. The zero-order valence-electron chi connectivity index (χ0n) is 13.6. The van der Waals surface area contributed by atoms with E-state index in [0.29, 0.717) is 19.5 Å². The van der Waals surface area contributed by atoms with Gasteiger partial charge >= 0.3 is 6.09 Å². The minimum atomic E-state index is -0.680. The number of halogens is 1. The molecule has 0 aromatic heterocycles. The van der Waals surface area contributed by atoms with Gasteiger partial charge in [-0.25, -0.2) is 4.79 Å². The summed E-state index contributed by atoms with van der Waals surface area (Å²) in [6.45, 7) is 1.67. The first-order valence-corrected chi connectivity index (χ1v) is 8.91. The maximum Gasteiger partial charge on any atom is 0.410 e. The van der Waals surface area contributed by atoms with E-state index in [9.17, 15) is 9.59 Å². The Bertz CT molecular complexity index is 631. The highest BCUT2D eigenvalue weighted by molar-refractivity contribution is 9.10. The van der Waals surface area contributed by atoms with Crippen LogP contribution in [0.15, 0.2) is 22.7 Å². The number of fused-ring (bicyclic) bond motifs is 1. The highest BCUT2D eigenvalue weighted by atomic mass is 79.9. The monoisotopic (exact) mass is 396 g/mol.